The van der Waals surface area contributed by atoms with E-state index in [-0.39, 0.29) is 9.86 Å². The van der Waals surface area contributed by atoms with Gasteiger partial charge in [0, 0.05) is 5.57 Å². The fraction of sp³-hybridized carbons (Fsp3) is 0.700. The minimum atomic E-state index is -0.120. The molecule has 0 aromatic heterocycles. The minimum absolute atomic E-state index is 0.120. The number of carbonyl (C=O) groups is 1. The van der Waals surface area contributed by atoms with E-state index in [2.05, 4.69) is 13.8 Å². The van der Waals surface area contributed by atoms with Gasteiger partial charge in [0.2, 0.25) is 5.12 Å². The molecule has 0 saturated carbocycles. The largest absolute Gasteiger partial charge is 0.499 e. The molecular weight excluding hydrogens is 184 g/mol. The molecule has 2 nitrogen and oxygen atoms in total. The molecule has 0 fully saturated rings. The Labute approximate surface area is 83.7 Å². The van der Waals surface area contributed by atoms with Crippen molar-refractivity contribution in [2.45, 2.75) is 38.4 Å². The molecule has 0 unspecified atom stereocenters. The van der Waals surface area contributed by atoms with E-state index in [0.717, 1.165) is 24.2 Å². The molecule has 1 aliphatic rings. The van der Waals surface area contributed by atoms with E-state index < -0.39 is 0 Å². The average molecular weight is 200 g/mol. The van der Waals surface area contributed by atoms with E-state index in [9.17, 15) is 4.79 Å². The summed E-state index contributed by atoms with van der Waals surface area (Å²) in [6.45, 7) is 6.04. The number of hydrogen-bond donors (Lipinski definition) is 0. The van der Waals surface area contributed by atoms with Crippen LogP contribution in [-0.4, -0.2) is 17.0 Å². The standard InChI is InChI=1S/C10H16O2S/c1-5-6-10(3)8(12-4)7(2)9(11)13-10/h5-6H2,1-4H3/t10-/m1/s1. The minimum Gasteiger partial charge on any atom is -0.499 e. The molecule has 0 aromatic rings. The van der Waals surface area contributed by atoms with Crippen molar-refractivity contribution in [3.05, 3.63) is 11.3 Å². The van der Waals surface area contributed by atoms with Gasteiger partial charge in [-0.3, -0.25) is 4.79 Å². The van der Waals surface area contributed by atoms with Crippen LogP contribution in [0.1, 0.15) is 33.6 Å². The van der Waals surface area contributed by atoms with Gasteiger partial charge in [-0.1, -0.05) is 25.1 Å². The number of thioether (sulfide) groups is 1. The molecule has 0 aliphatic carbocycles. The Kier molecular flexibility index (Phi) is 3.06. The van der Waals surface area contributed by atoms with Crippen molar-refractivity contribution >= 4 is 16.9 Å². The molecule has 0 bridgehead atoms. The summed E-state index contributed by atoms with van der Waals surface area (Å²) >= 11 is 1.40. The first kappa shape index (κ1) is 10.6. The Morgan fingerprint density at radius 1 is 1.54 bits per heavy atom. The lowest BCUT2D eigenvalue weighted by Crippen LogP contribution is -2.21. The third-order valence-corrected chi connectivity index (χ3v) is 3.71. The van der Waals surface area contributed by atoms with Gasteiger partial charge in [-0.25, -0.2) is 0 Å². The fourth-order valence-electron chi connectivity index (χ4n) is 1.83. The van der Waals surface area contributed by atoms with Gasteiger partial charge in [0.25, 0.3) is 0 Å². The molecule has 3 heteroatoms. The average Bonchev–Trinajstić information content (AvgIpc) is 2.24. The molecule has 1 heterocycles. The summed E-state index contributed by atoms with van der Waals surface area (Å²) < 4.78 is 5.18. The summed E-state index contributed by atoms with van der Waals surface area (Å²) in [5.41, 5.74) is 0.781. The van der Waals surface area contributed by atoms with Gasteiger partial charge in [-0.2, -0.15) is 0 Å². The summed E-state index contributed by atoms with van der Waals surface area (Å²) in [5, 5.41) is 0.160. The van der Waals surface area contributed by atoms with Gasteiger partial charge in [-0.15, -0.1) is 0 Å². The Bertz CT molecular complexity index is 258. The van der Waals surface area contributed by atoms with Crippen LogP contribution in [0, 0.1) is 0 Å². The maximum atomic E-state index is 11.5. The first-order valence-electron chi connectivity index (χ1n) is 4.54. The second-order valence-corrected chi connectivity index (χ2v) is 5.00. The van der Waals surface area contributed by atoms with Crippen LogP contribution >= 0.6 is 11.8 Å². The molecule has 74 valence electrons. The maximum absolute atomic E-state index is 11.5. The number of carbonyl (C=O) groups excluding carboxylic acids is 1. The molecule has 13 heavy (non-hydrogen) atoms. The number of ether oxygens (including phenoxy) is 1. The molecule has 0 spiro atoms. The second-order valence-electron chi connectivity index (χ2n) is 3.53. The molecular formula is C10H16O2S. The predicted octanol–water partition coefficient (Wildman–Crippen LogP) is 2.74. The summed E-state index contributed by atoms with van der Waals surface area (Å²) in [4.78, 5) is 11.5. The third kappa shape index (κ3) is 1.75. The molecule has 0 saturated heterocycles. The van der Waals surface area contributed by atoms with E-state index in [0.29, 0.717) is 0 Å². The summed E-state index contributed by atoms with van der Waals surface area (Å²) in [7, 11) is 1.64. The van der Waals surface area contributed by atoms with Crippen LogP contribution in [0.25, 0.3) is 0 Å². The van der Waals surface area contributed by atoms with Gasteiger partial charge in [0.05, 0.1) is 11.9 Å². The predicted molar refractivity (Wildman–Crippen MR) is 55.6 cm³/mol. The Hall–Kier alpha value is -0.440. The highest BCUT2D eigenvalue weighted by molar-refractivity contribution is 8.15. The first-order chi connectivity index (χ1) is 6.05. The van der Waals surface area contributed by atoms with Crippen molar-refractivity contribution in [2.75, 3.05) is 7.11 Å². The van der Waals surface area contributed by atoms with Crippen molar-refractivity contribution in [2.24, 2.45) is 0 Å². The molecule has 0 radical (unpaired) electrons. The number of rotatable bonds is 3. The van der Waals surface area contributed by atoms with Crippen molar-refractivity contribution in [1.82, 2.24) is 0 Å². The number of methoxy groups -OCH3 is 1. The first-order valence-corrected chi connectivity index (χ1v) is 5.35. The van der Waals surface area contributed by atoms with Gasteiger partial charge < -0.3 is 4.74 Å². The highest BCUT2D eigenvalue weighted by atomic mass is 32.2. The topological polar surface area (TPSA) is 26.3 Å². The molecule has 1 rings (SSSR count). The Morgan fingerprint density at radius 3 is 2.62 bits per heavy atom. The van der Waals surface area contributed by atoms with Crippen LogP contribution in [0.3, 0.4) is 0 Å². The van der Waals surface area contributed by atoms with Crippen molar-refractivity contribution in [1.29, 1.82) is 0 Å². The quantitative estimate of drug-likeness (QED) is 0.700. The lowest BCUT2D eigenvalue weighted by Gasteiger charge is -2.24. The van der Waals surface area contributed by atoms with Crippen LogP contribution < -0.4 is 0 Å². The summed E-state index contributed by atoms with van der Waals surface area (Å²) in [6, 6.07) is 0. The van der Waals surface area contributed by atoms with E-state index >= 15 is 0 Å². The van der Waals surface area contributed by atoms with Crippen LogP contribution in [0.5, 0.6) is 0 Å². The number of hydrogen-bond acceptors (Lipinski definition) is 3. The monoisotopic (exact) mass is 200 g/mol. The van der Waals surface area contributed by atoms with Crippen LogP contribution in [0.4, 0.5) is 0 Å². The molecule has 0 N–H and O–H groups in total. The van der Waals surface area contributed by atoms with Gasteiger partial charge in [0.1, 0.15) is 5.76 Å². The van der Waals surface area contributed by atoms with E-state index in [4.69, 9.17) is 4.74 Å². The van der Waals surface area contributed by atoms with E-state index in [1.807, 2.05) is 6.92 Å². The van der Waals surface area contributed by atoms with Gasteiger partial charge in [-0.05, 0) is 20.3 Å². The summed E-state index contributed by atoms with van der Waals surface area (Å²) in [6.07, 6.45) is 2.06. The maximum Gasteiger partial charge on any atom is 0.219 e. The van der Waals surface area contributed by atoms with Crippen molar-refractivity contribution in [3.8, 4) is 0 Å². The highest BCUT2D eigenvalue weighted by Gasteiger charge is 2.41. The van der Waals surface area contributed by atoms with Crippen LogP contribution in [0.15, 0.2) is 11.3 Å². The summed E-state index contributed by atoms with van der Waals surface area (Å²) in [5.74, 6) is 0.865. The lowest BCUT2D eigenvalue weighted by atomic mass is 10.00. The van der Waals surface area contributed by atoms with E-state index in [1.54, 1.807) is 7.11 Å². The zero-order valence-electron chi connectivity index (χ0n) is 8.64. The second kappa shape index (κ2) is 3.74. The Balaban J connectivity index is 2.97. The molecule has 1 atom stereocenters. The zero-order chi connectivity index (χ0) is 10.1. The smallest absolute Gasteiger partial charge is 0.219 e. The molecule has 0 aromatic carbocycles. The zero-order valence-corrected chi connectivity index (χ0v) is 9.46. The van der Waals surface area contributed by atoms with Crippen LogP contribution in [0.2, 0.25) is 0 Å². The van der Waals surface area contributed by atoms with Crippen molar-refractivity contribution in [3.63, 3.8) is 0 Å². The van der Waals surface area contributed by atoms with Gasteiger partial charge >= 0.3 is 0 Å². The van der Waals surface area contributed by atoms with Gasteiger partial charge in [0.15, 0.2) is 0 Å². The molecule has 0 amide bonds. The lowest BCUT2D eigenvalue weighted by molar-refractivity contribution is -0.107. The Morgan fingerprint density at radius 2 is 2.15 bits per heavy atom. The third-order valence-electron chi connectivity index (χ3n) is 2.38. The van der Waals surface area contributed by atoms with Crippen LogP contribution in [-0.2, 0) is 9.53 Å². The van der Waals surface area contributed by atoms with Crippen molar-refractivity contribution < 1.29 is 9.53 Å². The fourth-order valence-corrected chi connectivity index (χ4v) is 3.12. The van der Waals surface area contributed by atoms with E-state index in [1.165, 1.54) is 11.8 Å². The normalized spacial score (nSPS) is 28.5. The SMILES string of the molecule is CCC[C@@]1(C)SC(=O)C(C)=C1OC. The molecule has 1 aliphatic heterocycles. The highest BCUT2D eigenvalue weighted by Crippen LogP contribution is 2.46.